The normalized spacial score (nSPS) is 11.3. The van der Waals surface area contributed by atoms with E-state index in [0.29, 0.717) is 11.3 Å². The lowest BCUT2D eigenvalue weighted by Crippen LogP contribution is -2.39. The SMILES string of the molecule is COc1ccccc1C(N)=NOCC(=O)N(c1ccccc1)C(C)C. The monoisotopic (exact) mass is 341 g/mol. The minimum absolute atomic E-state index is 0.00551. The van der Waals surface area contributed by atoms with Gasteiger partial charge >= 0.3 is 0 Å². The Morgan fingerprint density at radius 3 is 2.40 bits per heavy atom. The zero-order chi connectivity index (χ0) is 18.2. The van der Waals surface area contributed by atoms with Crippen molar-refractivity contribution in [3.05, 3.63) is 60.2 Å². The fraction of sp³-hybridized carbons (Fsp3) is 0.263. The Bertz CT molecular complexity index is 730. The van der Waals surface area contributed by atoms with Gasteiger partial charge in [-0.15, -0.1) is 0 Å². The second-order valence-electron chi connectivity index (χ2n) is 5.64. The van der Waals surface area contributed by atoms with E-state index in [1.807, 2.05) is 56.3 Å². The molecular weight excluding hydrogens is 318 g/mol. The summed E-state index contributed by atoms with van der Waals surface area (Å²) in [6.45, 7) is 3.68. The standard InChI is InChI=1S/C19H23N3O3/c1-14(2)22(15-9-5-4-6-10-15)18(23)13-25-21-19(20)16-11-7-8-12-17(16)24-3/h4-12,14H,13H2,1-3H3,(H2,20,21). The second-order valence-corrected chi connectivity index (χ2v) is 5.64. The van der Waals surface area contributed by atoms with Crippen LogP contribution in [0.15, 0.2) is 59.8 Å². The second kappa shape index (κ2) is 8.73. The van der Waals surface area contributed by atoms with E-state index < -0.39 is 0 Å². The summed E-state index contributed by atoms with van der Waals surface area (Å²) in [6, 6.07) is 16.6. The largest absolute Gasteiger partial charge is 0.496 e. The first-order valence-electron chi connectivity index (χ1n) is 8.00. The van der Waals surface area contributed by atoms with Crippen molar-refractivity contribution in [2.24, 2.45) is 10.9 Å². The van der Waals surface area contributed by atoms with Gasteiger partial charge in [0.25, 0.3) is 5.91 Å². The number of nitrogens with two attached hydrogens (primary N) is 1. The molecule has 1 amide bonds. The summed E-state index contributed by atoms with van der Waals surface area (Å²) in [5.74, 6) is 0.547. The number of carbonyl (C=O) groups is 1. The Hall–Kier alpha value is -3.02. The predicted octanol–water partition coefficient (Wildman–Crippen LogP) is 2.77. The number of amidine groups is 1. The third-order valence-electron chi connectivity index (χ3n) is 3.55. The molecule has 0 unspecified atom stereocenters. The van der Waals surface area contributed by atoms with E-state index >= 15 is 0 Å². The minimum atomic E-state index is -0.205. The maximum absolute atomic E-state index is 12.5. The smallest absolute Gasteiger partial charge is 0.267 e. The van der Waals surface area contributed by atoms with E-state index in [1.165, 1.54) is 0 Å². The van der Waals surface area contributed by atoms with Gasteiger partial charge in [-0.05, 0) is 38.1 Å². The van der Waals surface area contributed by atoms with Gasteiger partial charge in [0.1, 0.15) is 5.75 Å². The molecule has 2 aromatic carbocycles. The molecule has 0 heterocycles. The molecule has 0 aromatic heterocycles. The first kappa shape index (κ1) is 18.3. The van der Waals surface area contributed by atoms with Crippen molar-refractivity contribution in [2.45, 2.75) is 19.9 Å². The van der Waals surface area contributed by atoms with Gasteiger partial charge < -0.3 is 20.2 Å². The number of hydrogen-bond acceptors (Lipinski definition) is 4. The highest BCUT2D eigenvalue weighted by Gasteiger charge is 2.19. The van der Waals surface area contributed by atoms with Gasteiger partial charge in [0.15, 0.2) is 12.4 Å². The zero-order valence-electron chi connectivity index (χ0n) is 14.7. The van der Waals surface area contributed by atoms with Gasteiger partial charge in [-0.25, -0.2) is 0 Å². The highest BCUT2D eigenvalue weighted by Crippen LogP contribution is 2.18. The Morgan fingerprint density at radius 1 is 1.12 bits per heavy atom. The van der Waals surface area contributed by atoms with Crippen molar-refractivity contribution in [3.8, 4) is 5.75 Å². The summed E-state index contributed by atoms with van der Waals surface area (Å²) in [5, 5.41) is 3.85. The molecule has 25 heavy (non-hydrogen) atoms. The van der Waals surface area contributed by atoms with E-state index in [1.54, 1.807) is 24.1 Å². The van der Waals surface area contributed by atoms with Gasteiger partial charge in [0.2, 0.25) is 0 Å². The third kappa shape index (κ3) is 4.73. The van der Waals surface area contributed by atoms with Crippen LogP contribution in [0.4, 0.5) is 5.69 Å². The van der Waals surface area contributed by atoms with Crippen molar-refractivity contribution in [1.82, 2.24) is 0 Å². The number of amides is 1. The Morgan fingerprint density at radius 2 is 1.76 bits per heavy atom. The van der Waals surface area contributed by atoms with Crippen LogP contribution >= 0.6 is 0 Å². The third-order valence-corrected chi connectivity index (χ3v) is 3.55. The summed E-state index contributed by atoms with van der Waals surface area (Å²) >= 11 is 0. The highest BCUT2D eigenvalue weighted by atomic mass is 16.6. The van der Waals surface area contributed by atoms with E-state index in [-0.39, 0.29) is 24.4 Å². The molecule has 0 saturated carbocycles. The van der Waals surface area contributed by atoms with Crippen LogP contribution in [0.3, 0.4) is 0 Å². The van der Waals surface area contributed by atoms with E-state index in [2.05, 4.69) is 5.16 Å². The summed E-state index contributed by atoms with van der Waals surface area (Å²) in [7, 11) is 1.55. The number of para-hydroxylation sites is 2. The Balaban J connectivity index is 2.05. The average molecular weight is 341 g/mol. The summed E-state index contributed by atoms with van der Waals surface area (Å²) in [6.07, 6.45) is 0. The zero-order valence-corrected chi connectivity index (χ0v) is 14.7. The molecule has 6 nitrogen and oxygen atoms in total. The molecule has 0 spiro atoms. The molecule has 0 saturated heterocycles. The number of carbonyl (C=O) groups excluding carboxylic acids is 1. The topological polar surface area (TPSA) is 77.1 Å². The van der Waals surface area contributed by atoms with Crippen LogP contribution in [0, 0.1) is 0 Å². The van der Waals surface area contributed by atoms with Crippen LogP contribution in [-0.2, 0) is 9.63 Å². The number of nitrogens with zero attached hydrogens (tertiary/aromatic N) is 2. The lowest BCUT2D eigenvalue weighted by atomic mass is 10.2. The molecule has 0 aliphatic rings. The van der Waals surface area contributed by atoms with Crippen LogP contribution in [0.5, 0.6) is 5.75 Å². The van der Waals surface area contributed by atoms with Crippen molar-refractivity contribution in [1.29, 1.82) is 0 Å². The fourth-order valence-electron chi connectivity index (χ4n) is 2.45. The van der Waals surface area contributed by atoms with Crippen LogP contribution in [0.1, 0.15) is 19.4 Å². The van der Waals surface area contributed by atoms with Crippen molar-refractivity contribution in [3.63, 3.8) is 0 Å². The van der Waals surface area contributed by atoms with Crippen LogP contribution < -0.4 is 15.4 Å². The minimum Gasteiger partial charge on any atom is -0.496 e. The number of oxime groups is 1. The molecular formula is C19H23N3O3. The molecule has 0 radical (unpaired) electrons. The molecule has 0 bridgehead atoms. The molecule has 6 heteroatoms. The van der Waals surface area contributed by atoms with Gasteiger partial charge in [0, 0.05) is 11.7 Å². The first-order chi connectivity index (χ1) is 12.0. The average Bonchev–Trinajstić information content (AvgIpc) is 2.62. The highest BCUT2D eigenvalue weighted by molar-refractivity contribution is 5.99. The molecule has 2 N–H and O–H groups in total. The number of anilines is 1. The molecule has 0 aliphatic heterocycles. The molecule has 0 atom stereocenters. The summed E-state index contributed by atoms with van der Waals surface area (Å²) in [4.78, 5) is 19.3. The van der Waals surface area contributed by atoms with Crippen molar-refractivity contribution < 1.29 is 14.4 Å². The predicted molar refractivity (Wildman–Crippen MR) is 98.7 cm³/mol. The maximum atomic E-state index is 12.5. The number of benzene rings is 2. The van der Waals surface area contributed by atoms with E-state index in [0.717, 1.165) is 5.69 Å². The number of ether oxygens (including phenoxy) is 1. The quantitative estimate of drug-likeness (QED) is 0.477. The lowest BCUT2D eigenvalue weighted by Gasteiger charge is -2.26. The molecule has 2 rings (SSSR count). The Kier molecular flexibility index (Phi) is 6.39. The van der Waals surface area contributed by atoms with E-state index in [9.17, 15) is 4.79 Å². The number of rotatable bonds is 7. The van der Waals surface area contributed by atoms with Gasteiger partial charge in [-0.2, -0.15) is 0 Å². The van der Waals surface area contributed by atoms with Gasteiger partial charge in [-0.1, -0.05) is 35.5 Å². The lowest BCUT2D eigenvalue weighted by molar-refractivity contribution is -0.123. The summed E-state index contributed by atoms with van der Waals surface area (Å²) in [5.41, 5.74) is 7.35. The molecule has 0 aliphatic carbocycles. The number of methoxy groups -OCH3 is 1. The Labute approximate surface area is 147 Å². The summed E-state index contributed by atoms with van der Waals surface area (Å²) < 4.78 is 5.23. The molecule has 0 fully saturated rings. The van der Waals surface area contributed by atoms with Crippen LogP contribution in [0.25, 0.3) is 0 Å². The fourth-order valence-corrected chi connectivity index (χ4v) is 2.45. The van der Waals surface area contributed by atoms with E-state index in [4.69, 9.17) is 15.3 Å². The van der Waals surface area contributed by atoms with Gasteiger partial charge in [0.05, 0.1) is 12.7 Å². The van der Waals surface area contributed by atoms with Gasteiger partial charge in [-0.3, -0.25) is 4.79 Å². The molecule has 2 aromatic rings. The first-order valence-corrected chi connectivity index (χ1v) is 8.00. The van der Waals surface area contributed by atoms with Crippen molar-refractivity contribution >= 4 is 17.4 Å². The number of hydrogen-bond donors (Lipinski definition) is 1. The molecule has 132 valence electrons. The van der Waals surface area contributed by atoms with Crippen LogP contribution in [0.2, 0.25) is 0 Å². The van der Waals surface area contributed by atoms with Crippen molar-refractivity contribution in [2.75, 3.05) is 18.6 Å². The maximum Gasteiger partial charge on any atom is 0.267 e. The van der Waals surface area contributed by atoms with Crippen LogP contribution in [-0.4, -0.2) is 31.5 Å².